The van der Waals surface area contributed by atoms with Crippen LogP contribution in [0.4, 0.5) is 5.82 Å². The number of nitriles is 1. The largest absolute Gasteiger partial charge is 0.310 e. The molecule has 1 aliphatic carbocycles. The molecule has 134 valence electrons. The monoisotopic (exact) mass is 376 g/mol. The Morgan fingerprint density at radius 1 is 1.37 bits per heavy atom. The van der Waals surface area contributed by atoms with Gasteiger partial charge in [0.05, 0.1) is 22.9 Å². The molecule has 4 rings (SSSR count). The molecule has 0 radical (unpaired) electrons. The van der Waals surface area contributed by atoms with Crippen LogP contribution in [0.5, 0.6) is 0 Å². The Kier molecular flexibility index (Phi) is 4.51. The Hall–Kier alpha value is -2.97. The predicted octanol–water partition coefficient (Wildman–Crippen LogP) is 4.61. The van der Waals surface area contributed by atoms with Crippen LogP contribution in [0.1, 0.15) is 18.9 Å². The fraction of sp³-hybridized carbons (Fsp3) is 0.238. The van der Waals surface area contributed by atoms with Crippen LogP contribution in [0.2, 0.25) is 5.02 Å². The summed E-state index contributed by atoms with van der Waals surface area (Å²) in [6.45, 7) is 2.10. The SMILES string of the molecule is CCc1ccncc1-c1cc(Cl)c2cnc(NC(=O)[C@H]3CC3C#N)cc2c1. The summed E-state index contributed by atoms with van der Waals surface area (Å²) >= 11 is 6.48. The highest BCUT2D eigenvalue weighted by molar-refractivity contribution is 6.36. The van der Waals surface area contributed by atoms with E-state index >= 15 is 0 Å². The van der Waals surface area contributed by atoms with Gasteiger partial charge in [-0.3, -0.25) is 9.78 Å². The number of halogens is 1. The molecule has 1 unspecified atom stereocenters. The molecule has 2 heterocycles. The van der Waals surface area contributed by atoms with Crippen LogP contribution in [0.25, 0.3) is 21.9 Å². The number of nitrogens with one attached hydrogen (secondary N) is 1. The van der Waals surface area contributed by atoms with Crippen molar-refractivity contribution in [1.29, 1.82) is 5.26 Å². The number of hydrogen-bond acceptors (Lipinski definition) is 4. The molecule has 3 aromatic rings. The molecule has 27 heavy (non-hydrogen) atoms. The number of fused-ring (bicyclic) bond motifs is 1. The van der Waals surface area contributed by atoms with Crippen LogP contribution in [-0.2, 0) is 11.2 Å². The summed E-state index contributed by atoms with van der Waals surface area (Å²) in [7, 11) is 0. The van der Waals surface area contributed by atoms with Crippen LogP contribution >= 0.6 is 11.6 Å². The molecule has 1 saturated carbocycles. The van der Waals surface area contributed by atoms with Gasteiger partial charge in [0, 0.05) is 29.5 Å². The molecule has 0 aliphatic heterocycles. The number of nitrogens with zero attached hydrogens (tertiary/aromatic N) is 3. The number of pyridine rings is 2. The number of hydrogen-bond donors (Lipinski definition) is 1. The number of amides is 1. The zero-order valence-corrected chi connectivity index (χ0v) is 15.5. The highest BCUT2D eigenvalue weighted by Crippen LogP contribution is 2.38. The van der Waals surface area contributed by atoms with Crippen molar-refractivity contribution in [1.82, 2.24) is 9.97 Å². The van der Waals surface area contributed by atoms with Crippen LogP contribution < -0.4 is 5.32 Å². The third-order valence-electron chi connectivity index (χ3n) is 4.93. The second-order valence-electron chi connectivity index (χ2n) is 6.70. The van der Waals surface area contributed by atoms with Gasteiger partial charge in [0.25, 0.3) is 0 Å². The summed E-state index contributed by atoms with van der Waals surface area (Å²) in [5.74, 6) is -0.100. The standard InChI is InChI=1S/C21H17ClN4O/c1-2-12-3-4-24-10-17(12)13-5-14-8-20(25-11-18(14)19(22)7-13)26-21(27)16-6-15(16)9-23/h3-5,7-8,10-11,15-16H,2,6H2,1H3,(H,25,26,27)/t15?,16-/m0/s1. The minimum Gasteiger partial charge on any atom is -0.310 e. The molecule has 2 atom stereocenters. The normalized spacial score (nSPS) is 18.1. The van der Waals surface area contributed by atoms with Gasteiger partial charge in [-0.05, 0) is 53.6 Å². The second-order valence-corrected chi connectivity index (χ2v) is 7.11. The molecule has 5 nitrogen and oxygen atoms in total. The van der Waals surface area contributed by atoms with Crippen LogP contribution in [-0.4, -0.2) is 15.9 Å². The lowest BCUT2D eigenvalue weighted by Gasteiger charge is -2.11. The van der Waals surface area contributed by atoms with E-state index in [0.717, 1.165) is 28.3 Å². The molecule has 1 fully saturated rings. The van der Waals surface area contributed by atoms with E-state index in [1.807, 2.05) is 30.5 Å². The molecular formula is C21H17ClN4O. The molecule has 1 amide bonds. The van der Waals surface area contributed by atoms with Crippen LogP contribution in [0.15, 0.2) is 42.9 Å². The smallest absolute Gasteiger partial charge is 0.230 e. The van der Waals surface area contributed by atoms with E-state index in [1.165, 1.54) is 5.56 Å². The van der Waals surface area contributed by atoms with Crippen molar-refractivity contribution in [2.24, 2.45) is 11.8 Å². The Bertz CT molecular complexity index is 1090. The van der Waals surface area contributed by atoms with E-state index in [9.17, 15) is 4.79 Å². The quantitative estimate of drug-likeness (QED) is 0.721. The maximum atomic E-state index is 12.2. The van der Waals surface area contributed by atoms with Gasteiger partial charge in [0.2, 0.25) is 5.91 Å². The first kappa shape index (κ1) is 17.4. The van der Waals surface area contributed by atoms with E-state index < -0.39 is 0 Å². The zero-order valence-electron chi connectivity index (χ0n) is 14.7. The average Bonchev–Trinajstić information content (AvgIpc) is 3.47. The Balaban J connectivity index is 1.70. The molecule has 1 aromatic carbocycles. The maximum Gasteiger partial charge on any atom is 0.230 e. The third-order valence-corrected chi connectivity index (χ3v) is 5.25. The van der Waals surface area contributed by atoms with Gasteiger partial charge in [-0.25, -0.2) is 4.98 Å². The molecule has 6 heteroatoms. The van der Waals surface area contributed by atoms with E-state index in [-0.39, 0.29) is 17.7 Å². The number of anilines is 1. The molecule has 1 N–H and O–H groups in total. The number of rotatable bonds is 4. The van der Waals surface area contributed by atoms with Gasteiger partial charge in [-0.15, -0.1) is 0 Å². The van der Waals surface area contributed by atoms with E-state index in [0.29, 0.717) is 17.3 Å². The zero-order chi connectivity index (χ0) is 19.0. The summed E-state index contributed by atoms with van der Waals surface area (Å²) in [5.41, 5.74) is 3.22. The topological polar surface area (TPSA) is 78.7 Å². The third kappa shape index (κ3) is 3.36. The summed E-state index contributed by atoms with van der Waals surface area (Å²) in [6, 6.07) is 9.90. The number of benzene rings is 1. The van der Waals surface area contributed by atoms with Gasteiger partial charge in [-0.2, -0.15) is 5.26 Å². The molecule has 0 spiro atoms. The van der Waals surface area contributed by atoms with Crippen molar-refractivity contribution in [3.63, 3.8) is 0 Å². The Labute approximate surface area is 162 Å². The molecule has 0 bridgehead atoms. The van der Waals surface area contributed by atoms with Crippen molar-refractivity contribution in [2.75, 3.05) is 5.32 Å². The van der Waals surface area contributed by atoms with Crippen molar-refractivity contribution in [3.05, 3.63) is 53.4 Å². The summed E-state index contributed by atoms with van der Waals surface area (Å²) in [4.78, 5) is 20.7. The number of carbonyl (C=O) groups excluding carboxylic acids is 1. The lowest BCUT2D eigenvalue weighted by molar-refractivity contribution is -0.117. The van der Waals surface area contributed by atoms with Gasteiger partial charge >= 0.3 is 0 Å². The van der Waals surface area contributed by atoms with Crippen LogP contribution in [0, 0.1) is 23.2 Å². The Morgan fingerprint density at radius 2 is 2.22 bits per heavy atom. The second kappa shape index (κ2) is 6.98. The number of aromatic nitrogens is 2. The number of carbonyl (C=O) groups is 1. The maximum absolute atomic E-state index is 12.2. The average molecular weight is 377 g/mol. The highest BCUT2D eigenvalue weighted by Gasteiger charge is 2.43. The first-order chi connectivity index (χ1) is 13.1. The summed E-state index contributed by atoms with van der Waals surface area (Å²) in [6.07, 6.45) is 6.80. The van der Waals surface area contributed by atoms with Gasteiger partial charge in [0.1, 0.15) is 5.82 Å². The van der Waals surface area contributed by atoms with Crippen molar-refractivity contribution >= 4 is 34.1 Å². The van der Waals surface area contributed by atoms with Gasteiger partial charge in [-0.1, -0.05) is 18.5 Å². The first-order valence-electron chi connectivity index (χ1n) is 8.83. The van der Waals surface area contributed by atoms with Crippen molar-refractivity contribution < 1.29 is 4.79 Å². The van der Waals surface area contributed by atoms with Crippen molar-refractivity contribution in [2.45, 2.75) is 19.8 Å². The van der Waals surface area contributed by atoms with E-state index in [2.05, 4.69) is 28.3 Å². The highest BCUT2D eigenvalue weighted by atomic mass is 35.5. The lowest BCUT2D eigenvalue weighted by atomic mass is 9.98. The lowest BCUT2D eigenvalue weighted by Crippen LogP contribution is -2.15. The van der Waals surface area contributed by atoms with E-state index in [4.69, 9.17) is 16.9 Å². The molecule has 2 aromatic heterocycles. The fourth-order valence-corrected chi connectivity index (χ4v) is 3.55. The number of aryl methyl sites for hydroxylation is 1. The van der Waals surface area contributed by atoms with Gasteiger partial charge in [0.15, 0.2) is 0 Å². The molecule has 1 aliphatic rings. The van der Waals surface area contributed by atoms with E-state index in [1.54, 1.807) is 12.4 Å². The summed E-state index contributed by atoms with van der Waals surface area (Å²) in [5, 5.41) is 14.0. The predicted molar refractivity (Wildman–Crippen MR) is 105 cm³/mol. The molecule has 0 saturated heterocycles. The molecular weight excluding hydrogens is 360 g/mol. The minimum atomic E-state index is -0.232. The minimum absolute atomic E-state index is 0.156. The van der Waals surface area contributed by atoms with Crippen molar-refractivity contribution in [3.8, 4) is 17.2 Å². The first-order valence-corrected chi connectivity index (χ1v) is 9.21. The van der Waals surface area contributed by atoms with Gasteiger partial charge < -0.3 is 5.32 Å². The van der Waals surface area contributed by atoms with Crippen LogP contribution in [0.3, 0.4) is 0 Å². The fourth-order valence-electron chi connectivity index (χ4n) is 3.28. The summed E-state index contributed by atoms with van der Waals surface area (Å²) < 4.78 is 0. The Morgan fingerprint density at radius 3 is 2.96 bits per heavy atom.